The smallest absolute Gasteiger partial charge is 0.0263 e. The summed E-state index contributed by atoms with van der Waals surface area (Å²) in [6.07, 6.45) is 3.75. The quantitative estimate of drug-likeness (QED) is 0.889. The molecule has 4 aliphatic rings. The van der Waals surface area contributed by atoms with E-state index in [1.165, 1.54) is 51.0 Å². The van der Waals surface area contributed by atoms with Gasteiger partial charge < -0.3 is 5.73 Å². The molecule has 102 valence electrons. The molecule has 1 aromatic rings. The Morgan fingerprint density at radius 3 is 2.16 bits per heavy atom. The summed E-state index contributed by atoms with van der Waals surface area (Å²) < 4.78 is 0. The van der Waals surface area contributed by atoms with Crippen LogP contribution in [0.2, 0.25) is 0 Å². The number of piperazine rings is 1. The van der Waals surface area contributed by atoms with E-state index in [1.54, 1.807) is 0 Å². The summed E-state index contributed by atoms with van der Waals surface area (Å²) in [5.41, 5.74) is 8.36. The summed E-state index contributed by atoms with van der Waals surface area (Å²) >= 11 is 0. The number of benzene rings is 1. The lowest BCUT2D eigenvalue weighted by Gasteiger charge is -2.73. The van der Waals surface area contributed by atoms with Gasteiger partial charge >= 0.3 is 0 Å². The first-order valence-corrected chi connectivity index (χ1v) is 7.48. The molecule has 2 bridgehead atoms. The van der Waals surface area contributed by atoms with Gasteiger partial charge in [-0.3, -0.25) is 9.80 Å². The lowest BCUT2D eigenvalue weighted by atomic mass is 9.44. The summed E-state index contributed by atoms with van der Waals surface area (Å²) in [4.78, 5) is 5.29. The van der Waals surface area contributed by atoms with Gasteiger partial charge in [-0.05, 0) is 24.8 Å². The van der Waals surface area contributed by atoms with Gasteiger partial charge in [0.15, 0.2) is 0 Å². The number of hydrogen-bond donors (Lipinski definition) is 1. The fraction of sp³-hybridized carbons (Fsp3) is 0.625. The average molecular weight is 257 g/mol. The second-order valence-electron chi connectivity index (χ2n) is 6.87. The predicted molar refractivity (Wildman–Crippen MR) is 76.8 cm³/mol. The van der Waals surface area contributed by atoms with Crippen molar-refractivity contribution < 1.29 is 0 Å². The van der Waals surface area contributed by atoms with E-state index in [0.717, 1.165) is 6.54 Å². The van der Waals surface area contributed by atoms with Crippen LogP contribution in [0.3, 0.4) is 0 Å². The summed E-state index contributed by atoms with van der Waals surface area (Å²) in [7, 11) is 0. The molecule has 0 unspecified atom stereocenters. The monoisotopic (exact) mass is 257 g/mol. The van der Waals surface area contributed by atoms with E-state index in [0.29, 0.717) is 5.54 Å². The number of hydrogen-bond acceptors (Lipinski definition) is 3. The second kappa shape index (κ2) is 4.05. The van der Waals surface area contributed by atoms with Crippen molar-refractivity contribution in [2.75, 3.05) is 26.2 Å². The molecule has 0 amide bonds. The fourth-order valence-electron chi connectivity index (χ4n) is 4.37. The topological polar surface area (TPSA) is 32.5 Å². The summed E-state index contributed by atoms with van der Waals surface area (Å²) in [6.45, 7) is 5.96. The van der Waals surface area contributed by atoms with Gasteiger partial charge in [0.05, 0.1) is 0 Å². The fourth-order valence-corrected chi connectivity index (χ4v) is 4.37. The molecule has 4 fully saturated rings. The SMILES string of the molecule is NC12CC(N3CCN(Cc4ccccc4)CC3)(C1)C2. The highest BCUT2D eigenvalue weighted by molar-refractivity contribution is 5.28. The van der Waals surface area contributed by atoms with E-state index < -0.39 is 0 Å². The maximum Gasteiger partial charge on any atom is 0.0263 e. The van der Waals surface area contributed by atoms with Crippen LogP contribution in [0.5, 0.6) is 0 Å². The van der Waals surface area contributed by atoms with Crippen molar-refractivity contribution in [2.24, 2.45) is 5.73 Å². The minimum Gasteiger partial charge on any atom is -0.325 e. The Balaban J connectivity index is 1.31. The first-order chi connectivity index (χ1) is 9.18. The average Bonchev–Trinajstić information content (AvgIpc) is 2.36. The molecule has 2 N–H and O–H groups in total. The van der Waals surface area contributed by atoms with E-state index in [-0.39, 0.29) is 5.54 Å². The summed E-state index contributed by atoms with van der Waals surface area (Å²) in [5, 5.41) is 0. The van der Waals surface area contributed by atoms with Crippen LogP contribution in [0.25, 0.3) is 0 Å². The Labute approximate surface area is 115 Å². The van der Waals surface area contributed by atoms with Crippen LogP contribution in [0.1, 0.15) is 24.8 Å². The molecule has 1 saturated heterocycles. The summed E-state index contributed by atoms with van der Waals surface area (Å²) in [5.74, 6) is 0. The predicted octanol–water partition coefficient (Wildman–Crippen LogP) is 1.44. The van der Waals surface area contributed by atoms with E-state index in [2.05, 4.69) is 40.1 Å². The van der Waals surface area contributed by atoms with Gasteiger partial charge in [-0.25, -0.2) is 0 Å². The van der Waals surface area contributed by atoms with Crippen LogP contribution < -0.4 is 5.73 Å². The highest BCUT2D eigenvalue weighted by Gasteiger charge is 2.68. The largest absolute Gasteiger partial charge is 0.325 e. The van der Waals surface area contributed by atoms with Crippen molar-refractivity contribution in [2.45, 2.75) is 36.9 Å². The lowest BCUT2D eigenvalue weighted by molar-refractivity contribution is -0.171. The zero-order valence-corrected chi connectivity index (χ0v) is 11.5. The normalized spacial score (nSPS) is 38.6. The van der Waals surface area contributed by atoms with Crippen LogP contribution >= 0.6 is 0 Å². The third-order valence-corrected chi connectivity index (χ3v) is 5.34. The minimum atomic E-state index is 0.237. The van der Waals surface area contributed by atoms with E-state index in [1.807, 2.05) is 0 Å². The van der Waals surface area contributed by atoms with Crippen molar-refractivity contribution in [3.05, 3.63) is 35.9 Å². The van der Waals surface area contributed by atoms with E-state index in [4.69, 9.17) is 5.73 Å². The zero-order valence-electron chi connectivity index (χ0n) is 11.5. The maximum atomic E-state index is 6.17. The highest BCUT2D eigenvalue weighted by Crippen LogP contribution is 2.62. The van der Waals surface area contributed by atoms with Crippen molar-refractivity contribution in [3.8, 4) is 0 Å². The third kappa shape index (κ3) is 1.92. The van der Waals surface area contributed by atoms with Gasteiger partial charge in [0.25, 0.3) is 0 Å². The third-order valence-electron chi connectivity index (χ3n) is 5.34. The number of rotatable bonds is 3. The molecule has 1 aromatic carbocycles. The molecule has 0 atom stereocenters. The molecule has 1 heterocycles. The van der Waals surface area contributed by atoms with Gasteiger partial charge in [-0.1, -0.05) is 30.3 Å². The van der Waals surface area contributed by atoms with Crippen LogP contribution in [0.4, 0.5) is 0 Å². The zero-order chi connectivity index (χ0) is 12.9. The molecule has 1 aliphatic heterocycles. The van der Waals surface area contributed by atoms with E-state index in [9.17, 15) is 0 Å². The van der Waals surface area contributed by atoms with Crippen molar-refractivity contribution in [1.82, 2.24) is 9.80 Å². The molecule has 3 nitrogen and oxygen atoms in total. The van der Waals surface area contributed by atoms with Crippen molar-refractivity contribution >= 4 is 0 Å². The standard InChI is InChI=1S/C16H23N3/c17-15-11-16(12-15,13-15)19-8-6-18(7-9-19)10-14-4-2-1-3-5-14/h1-5H,6-13,17H2. The molecule has 0 aromatic heterocycles. The maximum absolute atomic E-state index is 6.17. The molecule has 0 spiro atoms. The van der Waals surface area contributed by atoms with Gasteiger partial charge in [-0.15, -0.1) is 0 Å². The van der Waals surface area contributed by atoms with Gasteiger partial charge in [-0.2, -0.15) is 0 Å². The van der Waals surface area contributed by atoms with Crippen LogP contribution in [0.15, 0.2) is 30.3 Å². The lowest BCUT2D eigenvalue weighted by Crippen LogP contribution is -2.83. The van der Waals surface area contributed by atoms with Gasteiger partial charge in [0, 0.05) is 43.8 Å². The van der Waals surface area contributed by atoms with Crippen molar-refractivity contribution in [1.29, 1.82) is 0 Å². The Bertz CT molecular complexity index is 442. The molecular weight excluding hydrogens is 234 g/mol. The molecule has 0 radical (unpaired) electrons. The van der Waals surface area contributed by atoms with Gasteiger partial charge in [0.2, 0.25) is 0 Å². The van der Waals surface area contributed by atoms with Crippen LogP contribution in [0, 0.1) is 0 Å². The number of nitrogens with two attached hydrogens (primary N) is 1. The molecule has 5 rings (SSSR count). The minimum absolute atomic E-state index is 0.237. The Kier molecular flexibility index (Phi) is 2.53. The number of nitrogens with zero attached hydrogens (tertiary/aromatic N) is 2. The van der Waals surface area contributed by atoms with Crippen LogP contribution in [-0.4, -0.2) is 47.1 Å². The summed E-state index contributed by atoms with van der Waals surface area (Å²) in [6, 6.07) is 10.8. The highest BCUT2D eigenvalue weighted by atomic mass is 15.3. The molecular formula is C16H23N3. The molecule has 19 heavy (non-hydrogen) atoms. The van der Waals surface area contributed by atoms with E-state index >= 15 is 0 Å². The van der Waals surface area contributed by atoms with Gasteiger partial charge in [0.1, 0.15) is 0 Å². The molecule has 3 heteroatoms. The molecule has 3 saturated carbocycles. The van der Waals surface area contributed by atoms with Crippen molar-refractivity contribution in [3.63, 3.8) is 0 Å². The first kappa shape index (κ1) is 11.9. The molecule has 3 aliphatic carbocycles. The second-order valence-corrected chi connectivity index (χ2v) is 6.87. The first-order valence-electron chi connectivity index (χ1n) is 7.48. The van der Waals surface area contributed by atoms with Crippen LogP contribution in [-0.2, 0) is 6.54 Å². The Hall–Kier alpha value is -0.900. The Morgan fingerprint density at radius 2 is 1.58 bits per heavy atom. The Morgan fingerprint density at radius 1 is 0.947 bits per heavy atom.